The molecule has 3 saturated heterocycles. The first-order valence-corrected chi connectivity index (χ1v) is 12.9. The Hall–Kier alpha value is -2.97. The fourth-order valence-corrected chi connectivity index (χ4v) is 6.55. The number of aliphatic hydroxyl groups is 1. The van der Waals surface area contributed by atoms with Crippen molar-refractivity contribution in [2.45, 2.75) is 63.8 Å². The molecule has 3 aliphatic heterocycles. The highest BCUT2D eigenvalue weighted by Gasteiger charge is 2.75. The molecule has 7 atom stereocenters. The van der Waals surface area contributed by atoms with Gasteiger partial charge in [0, 0.05) is 5.69 Å². The van der Waals surface area contributed by atoms with Crippen LogP contribution in [0.1, 0.15) is 40.0 Å². The Kier molecular flexibility index (Phi) is 6.51. The Bertz CT molecular complexity index is 1180. The predicted octanol–water partition coefficient (Wildman–Crippen LogP) is 3.12. The van der Waals surface area contributed by atoms with Crippen LogP contribution < -0.4 is 5.32 Å². The van der Waals surface area contributed by atoms with Crippen LogP contribution in [0, 0.1) is 17.8 Å². The molecular formula is C28H34N2O6. The molecule has 3 fully saturated rings. The number of hydrogen-bond donors (Lipinski definition) is 2. The first-order chi connectivity index (χ1) is 17.4. The van der Waals surface area contributed by atoms with Gasteiger partial charge >= 0.3 is 5.97 Å². The number of fused-ring (bicyclic) bond motifs is 2. The van der Waals surface area contributed by atoms with E-state index >= 15 is 0 Å². The SMILES string of the molecule is CCOC(=O)[C@@H]1[C@@H]2CCC3(O2)C(C(=O)Nc2ccc4ccccc4c2)N([C@@H](CO)[C@@H](C)CC)C(=O)[C@H]13. The van der Waals surface area contributed by atoms with Crippen molar-refractivity contribution in [3.63, 3.8) is 0 Å². The first kappa shape index (κ1) is 24.7. The van der Waals surface area contributed by atoms with Crippen LogP contribution in [-0.2, 0) is 23.9 Å². The van der Waals surface area contributed by atoms with Crippen LogP contribution in [0.3, 0.4) is 0 Å². The smallest absolute Gasteiger partial charge is 0.312 e. The molecule has 2 amide bonds. The third kappa shape index (κ3) is 3.69. The highest BCUT2D eigenvalue weighted by atomic mass is 16.6. The molecule has 2 bridgehead atoms. The van der Waals surface area contributed by atoms with Crippen molar-refractivity contribution in [1.82, 2.24) is 4.90 Å². The van der Waals surface area contributed by atoms with E-state index in [9.17, 15) is 19.5 Å². The quantitative estimate of drug-likeness (QED) is 0.547. The zero-order valence-electron chi connectivity index (χ0n) is 21.0. The third-order valence-corrected chi connectivity index (χ3v) is 8.41. The monoisotopic (exact) mass is 494 g/mol. The van der Waals surface area contributed by atoms with Gasteiger partial charge in [-0.05, 0) is 48.6 Å². The second kappa shape index (κ2) is 9.48. The summed E-state index contributed by atoms with van der Waals surface area (Å²) >= 11 is 0. The van der Waals surface area contributed by atoms with Crippen molar-refractivity contribution in [2.24, 2.45) is 17.8 Å². The van der Waals surface area contributed by atoms with E-state index in [1.807, 2.05) is 56.3 Å². The summed E-state index contributed by atoms with van der Waals surface area (Å²) < 4.78 is 11.7. The van der Waals surface area contributed by atoms with E-state index in [0.29, 0.717) is 18.5 Å². The number of nitrogens with zero attached hydrogens (tertiary/aromatic N) is 1. The van der Waals surface area contributed by atoms with Gasteiger partial charge in [0.2, 0.25) is 11.8 Å². The standard InChI is InChI=1S/C28H34N2O6/c1-4-16(3)20(15-31)30-24(25(32)29-19-11-10-17-8-6-7-9-18(17)14-19)28-13-12-21(36-28)22(23(28)26(30)33)27(34)35-5-2/h6-11,14,16,20-24,31H,4-5,12-13,15H2,1-3H3,(H,29,32)/t16-,20-,21-,22+,23-,24?,28?/m0/s1. The van der Waals surface area contributed by atoms with Gasteiger partial charge in [0.1, 0.15) is 11.6 Å². The number of hydrogen-bond acceptors (Lipinski definition) is 6. The second-order valence-corrected chi connectivity index (χ2v) is 10.2. The number of aliphatic hydroxyl groups excluding tert-OH is 1. The molecular weight excluding hydrogens is 460 g/mol. The van der Waals surface area contributed by atoms with Crippen molar-refractivity contribution >= 4 is 34.2 Å². The Balaban J connectivity index is 1.54. The summed E-state index contributed by atoms with van der Waals surface area (Å²) in [5, 5.41) is 15.4. The number of carbonyl (C=O) groups excluding carboxylic acids is 3. The molecule has 0 aliphatic carbocycles. The summed E-state index contributed by atoms with van der Waals surface area (Å²) in [6, 6.07) is 12.0. The summed E-state index contributed by atoms with van der Waals surface area (Å²) in [7, 11) is 0. The van der Waals surface area contributed by atoms with Gasteiger partial charge in [-0.1, -0.05) is 50.6 Å². The summed E-state index contributed by atoms with van der Waals surface area (Å²) in [6.07, 6.45) is 1.34. The number of nitrogens with one attached hydrogen (secondary N) is 1. The second-order valence-electron chi connectivity index (χ2n) is 10.2. The number of carbonyl (C=O) groups is 3. The lowest BCUT2D eigenvalue weighted by Gasteiger charge is -2.38. The molecule has 0 radical (unpaired) electrons. The molecule has 2 unspecified atom stereocenters. The molecule has 8 heteroatoms. The fourth-order valence-electron chi connectivity index (χ4n) is 6.55. The van der Waals surface area contributed by atoms with Gasteiger partial charge in [-0.25, -0.2) is 0 Å². The molecule has 3 heterocycles. The molecule has 2 aromatic rings. The summed E-state index contributed by atoms with van der Waals surface area (Å²) in [4.78, 5) is 42.4. The van der Waals surface area contributed by atoms with E-state index < -0.39 is 41.6 Å². The first-order valence-electron chi connectivity index (χ1n) is 12.9. The maximum Gasteiger partial charge on any atom is 0.312 e. The highest BCUT2D eigenvalue weighted by molar-refractivity contribution is 6.04. The Morgan fingerprint density at radius 3 is 2.67 bits per heavy atom. The number of likely N-dealkylation sites (tertiary alicyclic amines) is 1. The minimum atomic E-state index is -1.12. The number of esters is 1. The normalized spacial score (nSPS) is 30.3. The van der Waals surface area contributed by atoms with E-state index in [1.165, 1.54) is 4.90 Å². The average molecular weight is 495 g/mol. The highest BCUT2D eigenvalue weighted by Crippen LogP contribution is 2.59. The zero-order chi connectivity index (χ0) is 25.6. The van der Waals surface area contributed by atoms with E-state index in [1.54, 1.807) is 6.92 Å². The Morgan fingerprint density at radius 1 is 1.22 bits per heavy atom. The van der Waals surface area contributed by atoms with Crippen molar-refractivity contribution in [3.8, 4) is 0 Å². The van der Waals surface area contributed by atoms with Gasteiger partial charge in [-0.3, -0.25) is 14.4 Å². The van der Waals surface area contributed by atoms with E-state index in [4.69, 9.17) is 9.47 Å². The van der Waals surface area contributed by atoms with Gasteiger partial charge in [-0.15, -0.1) is 0 Å². The number of benzene rings is 2. The minimum absolute atomic E-state index is 0.0524. The molecule has 0 saturated carbocycles. The van der Waals surface area contributed by atoms with E-state index in [0.717, 1.165) is 17.2 Å². The van der Waals surface area contributed by atoms with Crippen LogP contribution in [0.4, 0.5) is 5.69 Å². The van der Waals surface area contributed by atoms with Crippen LogP contribution in [-0.4, -0.2) is 64.8 Å². The molecule has 36 heavy (non-hydrogen) atoms. The molecule has 192 valence electrons. The minimum Gasteiger partial charge on any atom is -0.466 e. The van der Waals surface area contributed by atoms with Gasteiger partial charge in [0.15, 0.2) is 0 Å². The lowest BCUT2D eigenvalue weighted by molar-refractivity contribution is -0.155. The van der Waals surface area contributed by atoms with Crippen LogP contribution in [0.5, 0.6) is 0 Å². The summed E-state index contributed by atoms with van der Waals surface area (Å²) in [5.74, 6) is -2.74. The zero-order valence-corrected chi connectivity index (χ0v) is 21.0. The van der Waals surface area contributed by atoms with Gasteiger partial charge in [-0.2, -0.15) is 0 Å². The third-order valence-electron chi connectivity index (χ3n) is 8.41. The maximum atomic E-state index is 14.0. The van der Waals surface area contributed by atoms with Crippen molar-refractivity contribution in [2.75, 3.05) is 18.5 Å². The largest absolute Gasteiger partial charge is 0.466 e. The van der Waals surface area contributed by atoms with Gasteiger partial charge in [0.05, 0.1) is 37.2 Å². The summed E-state index contributed by atoms with van der Waals surface area (Å²) in [6.45, 7) is 5.60. The number of ether oxygens (including phenoxy) is 2. The molecule has 3 aliphatic rings. The lowest BCUT2D eigenvalue weighted by atomic mass is 9.70. The van der Waals surface area contributed by atoms with Crippen LogP contribution >= 0.6 is 0 Å². The predicted molar refractivity (Wildman–Crippen MR) is 134 cm³/mol. The fraction of sp³-hybridized carbons (Fsp3) is 0.536. The van der Waals surface area contributed by atoms with Crippen LogP contribution in [0.2, 0.25) is 0 Å². The van der Waals surface area contributed by atoms with Crippen LogP contribution in [0.15, 0.2) is 42.5 Å². The molecule has 5 rings (SSSR count). The maximum absolute atomic E-state index is 14.0. The van der Waals surface area contributed by atoms with Gasteiger partial charge < -0.3 is 24.8 Å². The molecule has 0 aromatic heterocycles. The number of amides is 2. The topological polar surface area (TPSA) is 105 Å². The summed E-state index contributed by atoms with van der Waals surface area (Å²) in [5.41, 5.74) is -0.509. The van der Waals surface area contributed by atoms with Gasteiger partial charge in [0.25, 0.3) is 0 Å². The lowest BCUT2D eigenvalue weighted by Crippen LogP contribution is -2.57. The molecule has 2 N–H and O–H groups in total. The molecule has 8 nitrogen and oxygen atoms in total. The number of rotatable bonds is 8. The average Bonchev–Trinajstić information content (AvgIpc) is 3.52. The van der Waals surface area contributed by atoms with E-state index in [2.05, 4.69) is 5.32 Å². The van der Waals surface area contributed by atoms with Crippen molar-refractivity contribution in [3.05, 3.63) is 42.5 Å². The molecule has 1 spiro atoms. The Morgan fingerprint density at radius 2 is 1.97 bits per heavy atom. The Labute approximate surface area is 210 Å². The van der Waals surface area contributed by atoms with Crippen molar-refractivity contribution in [1.29, 1.82) is 0 Å². The number of anilines is 1. The van der Waals surface area contributed by atoms with E-state index in [-0.39, 0.29) is 30.9 Å². The van der Waals surface area contributed by atoms with Crippen molar-refractivity contribution < 1.29 is 29.0 Å². The van der Waals surface area contributed by atoms with Crippen LogP contribution in [0.25, 0.3) is 10.8 Å². The molecule has 2 aromatic carbocycles.